The average Bonchev–Trinajstić information content (AvgIpc) is 2.73. The molecule has 2 aliphatic rings. The van der Waals surface area contributed by atoms with Crippen LogP contribution >= 0.6 is 0 Å². The Morgan fingerprint density at radius 2 is 1.71 bits per heavy atom. The zero-order valence-electron chi connectivity index (χ0n) is 16.3. The molecule has 1 N–H and O–H groups in total. The predicted octanol–water partition coefficient (Wildman–Crippen LogP) is 3.42. The van der Waals surface area contributed by atoms with Crippen LogP contribution in [0.4, 0.5) is 0 Å². The van der Waals surface area contributed by atoms with Gasteiger partial charge in [-0.3, -0.25) is 4.90 Å². The molecule has 150 valence electrons. The lowest BCUT2D eigenvalue weighted by molar-refractivity contribution is 0.000701. The molecule has 2 aromatic rings. The minimum Gasteiger partial charge on any atom is -0.497 e. The number of piperidine rings is 1. The smallest absolute Gasteiger partial charge is 0.240 e. The van der Waals surface area contributed by atoms with Gasteiger partial charge < -0.3 is 4.74 Å². The average molecular weight is 401 g/mol. The number of hydrogen-bond donors (Lipinski definition) is 1. The van der Waals surface area contributed by atoms with Crippen LogP contribution in [0.5, 0.6) is 5.75 Å². The Hall–Kier alpha value is -1.89. The van der Waals surface area contributed by atoms with E-state index in [-0.39, 0.29) is 11.5 Å². The van der Waals surface area contributed by atoms with E-state index >= 15 is 0 Å². The first-order chi connectivity index (χ1) is 13.5. The minimum absolute atomic E-state index is 0.0563. The lowest BCUT2D eigenvalue weighted by atomic mass is 9.59. The van der Waals surface area contributed by atoms with E-state index in [1.54, 1.807) is 31.4 Å². The summed E-state index contributed by atoms with van der Waals surface area (Å²) in [5.74, 6) is 0.879. The van der Waals surface area contributed by atoms with Crippen molar-refractivity contribution in [3.05, 3.63) is 60.2 Å². The van der Waals surface area contributed by atoms with Gasteiger partial charge in [-0.1, -0.05) is 30.3 Å². The summed E-state index contributed by atoms with van der Waals surface area (Å²) >= 11 is 0. The van der Waals surface area contributed by atoms with Gasteiger partial charge in [0.15, 0.2) is 0 Å². The van der Waals surface area contributed by atoms with Gasteiger partial charge in [-0.15, -0.1) is 0 Å². The molecule has 0 amide bonds. The van der Waals surface area contributed by atoms with E-state index in [9.17, 15) is 8.42 Å². The molecule has 0 aromatic heterocycles. The molecule has 1 saturated carbocycles. The highest BCUT2D eigenvalue weighted by Gasteiger charge is 2.49. The van der Waals surface area contributed by atoms with Crippen LogP contribution in [0.3, 0.4) is 0 Å². The molecule has 1 saturated heterocycles. The molecule has 2 fully saturated rings. The maximum absolute atomic E-state index is 12.7. The van der Waals surface area contributed by atoms with Crippen molar-refractivity contribution in [3.63, 3.8) is 0 Å². The van der Waals surface area contributed by atoms with E-state index in [0.29, 0.717) is 4.90 Å². The third-order valence-corrected chi connectivity index (χ3v) is 7.93. The summed E-state index contributed by atoms with van der Waals surface area (Å²) in [7, 11) is -1.76. The number of hydrogen-bond acceptors (Lipinski definition) is 4. The quantitative estimate of drug-likeness (QED) is 0.807. The van der Waals surface area contributed by atoms with Gasteiger partial charge in [0.1, 0.15) is 5.75 Å². The SMILES string of the molecule is COc1ccc(CN2CCC3(CC[C@@H]3NS(=O)(=O)c3ccccc3)CC2)cc1. The van der Waals surface area contributed by atoms with Crippen LogP contribution in [-0.4, -0.2) is 39.6 Å². The zero-order chi connectivity index (χ0) is 19.6. The summed E-state index contributed by atoms with van der Waals surface area (Å²) in [5, 5.41) is 0. The topological polar surface area (TPSA) is 58.6 Å². The van der Waals surface area contributed by atoms with Crippen molar-refractivity contribution in [2.24, 2.45) is 5.41 Å². The van der Waals surface area contributed by atoms with Gasteiger partial charge >= 0.3 is 0 Å². The Bertz CT molecular complexity index is 889. The summed E-state index contributed by atoms with van der Waals surface area (Å²) in [5.41, 5.74) is 1.41. The molecule has 0 unspecified atom stereocenters. The molecular formula is C22H28N2O3S. The number of likely N-dealkylation sites (tertiary alicyclic amines) is 1. The first-order valence-corrected chi connectivity index (χ1v) is 11.4. The summed E-state index contributed by atoms with van der Waals surface area (Å²) < 4.78 is 33.6. The lowest BCUT2D eigenvalue weighted by Crippen LogP contribution is -2.58. The lowest BCUT2D eigenvalue weighted by Gasteiger charge is -2.54. The Labute approximate surface area is 167 Å². The number of benzene rings is 2. The second-order valence-electron chi connectivity index (χ2n) is 8.01. The van der Waals surface area contributed by atoms with E-state index in [2.05, 4.69) is 21.8 Å². The first kappa shape index (κ1) is 19.4. The third kappa shape index (κ3) is 3.95. The third-order valence-electron chi connectivity index (χ3n) is 6.44. The highest BCUT2D eigenvalue weighted by molar-refractivity contribution is 7.89. The van der Waals surface area contributed by atoms with Crippen LogP contribution in [0.25, 0.3) is 0 Å². The largest absolute Gasteiger partial charge is 0.497 e. The number of nitrogens with one attached hydrogen (secondary N) is 1. The van der Waals surface area contributed by atoms with Gasteiger partial charge in [0, 0.05) is 12.6 Å². The number of ether oxygens (including phenoxy) is 1. The normalized spacial score (nSPS) is 22.0. The maximum Gasteiger partial charge on any atom is 0.240 e. The van der Waals surface area contributed by atoms with Crippen LogP contribution in [-0.2, 0) is 16.6 Å². The van der Waals surface area contributed by atoms with Crippen molar-refractivity contribution < 1.29 is 13.2 Å². The molecule has 1 atom stereocenters. The second-order valence-corrected chi connectivity index (χ2v) is 9.73. The number of sulfonamides is 1. The summed E-state index contributed by atoms with van der Waals surface area (Å²) in [6.07, 6.45) is 4.14. The van der Waals surface area contributed by atoms with Crippen LogP contribution in [0.1, 0.15) is 31.2 Å². The standard InChI is InChI=1S/C22H28N2O3S/c1-27-19-9-7-18(8-10-19)17-24-15-13-22(14-16-24)12-11-21(22)23-28(25,26)20-5-3-2-4-6-20/h2-10,21,23H,11-17H2,1H3/t21-/m0/s1. The summed E-state index contributed by atoms with van der Waals surface area (Å²) in [6, 6.07) is 17.0. The van der Waals surface area contributed by atoms with Crippen molar-refractivity contribution in [3.8, 4) is 5.75 Å². The number of nitrogens with zero attached hydrogens (tertiary/aromatic N) is 1. The molecule has 1 heterocycles. The van der Waals surface area contributed by atoms with E-state index < -0.39 is 10.0 Å². The van der Waals surface area contributed by atoms with Crippen molar-refractivity contribution in [1.29, 1.82) is 0 Å². The zero-order valence-corrected chi connectivity index (χ0v) is 17.1. The monoisotopic (exact) mass is 400 g/mol. The fourth-order valence-corrected chi connectivity index (χ4v) is 5.87. The van der Waals surface area contributed by atoms with Crippen LogP contribution in [0, 0.1) is 5.41 Å². The molecule has 1 spiro atoms. The van der Waals surface area contributed by atoms with Gasteiger partial charge in [0.2, 0.25) is 10.0 Å². The van der Waals surface area contributed by atoms with Gasteiger partial charge in [-0.25, -0.2) is 13.1 Å². The van der Waals surface area contributed by atoms with Crippen LogP contribution < -0.4 is 9.46 Å². The van der Waals surface area contributed by atoms with Crippen molar-refractivity contribution in [2.75, 3.05) is 20.2 Å². The predicted molar refractivity (Wildman–Crippen MR) is 110 cm³/mol. The van der Waals surface area contributed by atoms with Gasteiger partial charge in [0.25, 0.3) is 0 Å². The number of methoxy groups -OCH3 is 1. The molecular weight excluding hydrogens is 372 g/mol. The van der Waals surface area contributed by atoms with Gasteiger partial charge in [-0.2, -0.15) is 0 Å². The van der Waals surface area contributed by atoms with E-state index in [4.69, 9.17) is 4.74 Å². The molecule has 28 heavy (non-hydrogen) atoms. The highest BCUT2D eigenvalue weighted by atomic mass is 32.2. The van der Waals surface area contributed by atoms with E-state index in [0.717, 1.165) is 51.1 Å². The first-order valence-electron chi connectivity index (χ1n) is 9.93. The van der Waals surface area contributed by atoms with Crippen molar-refractivity contribution >= 4 is 10.0 Å². The van der Waals surface area contributed by atoms with Crippen LogP contribution in [0.15, 0.2) is 59.5 Å². The molecule has 0 radical (unpaired) electrons. The minimum atomic E-state index is -3.44. The maximum atomic E-state index is 12.7. The Kier molecular flexibility index (Phi) is 5.45. The van der Waals surface area contributed by atoms with Crippen molar-refractivity contribution in [1.82, 2.24) is 9.62 Å². The molecule has 6 heteroatoms. The molecule has 1 aliphatic heterocycles. The summed E-state index contributed by atoms with van der Waals surface area (Å²) in [4.78, 5) is 2.82. The van der Waals surface area contributed by atoms with Crippen molar-refractivity contribution in [2.45, 2.75) is 43.2 Å². The Morgan fingerprint density at radius 1 is 1.04 bits per heavy atom. The van der Waals surface area contributed by atoms with Crippen LogP contribution in [0.2, 0.25) is 0 Å². The summed E-state index contributed by atoms with van der Waals surface area (Å²) in [6.45, 7) is 2.95. The molecule has 1 aliphatic carbocycles. The highest BCUT2D eigenvalue weighted by Crippen LogP contribution is 2.49. The molecule has 4 rings (SSSR count). The molecule has 0 bridgehead atoms. The van der Waals surface area contributed by atoms with E-state index in [1.807, 2.05) is 18.2 Å². The second kappa shape index (κ2) is 7.85. The fraction of sp³-hybridized carbons (Fsp3) is 0.455. The molecule has 5 nitrogen and oxygen atoms in total. The Morgan fingerprint density at radius 3 is 2.29 bits per heavy atom. The van der Waals surface area contributed by atoms with Gasteiger partial charge in [0.05, 0.1) is 12.0 Å². The Balaban J connectivity index is 1.34. The fourth-order valence-electron chi connectivity index (χ4n) is 4.48. The molecule has 2 aromatic carbocycles. The van der Waals surface area contributed by atoms with Gasteiger partial charge in [-0.05, 0) is 74.0 Å². The van der Waals surface area contributed by atoms with E-state index in [1.165, 1.54) is 5.56 Å². The number of rotatable bonds is 6.